The number of aliphatic hydroxyl groups excluding tert-OH is 1. The van der Waals surface area contributed by atoms with Gasteiger partial charge in [0, 0.05) is 18.8 Å². The number of fused-ring (bicyclic) bond motifs is 1. The number of aliphatic hydroxyl groups is 1. The Morgan fingerprint density at radius 3 is 2.76 bits per heavy atom. The second-order valence-corrected chi connectivity index (χ2v) is 7.53. The first-order valence-corrected chi connectivity index (χ1v) is 10.7. The number of hydrogen-bond donors (Lipinski definition) is 4. The van der Waals surface area contributed by atoms with Crippen LogP contribution in [0.15, 0.2) is 70.3 Å². The minimum absolute atomic E-state index is 0.126. The number of hydrogen-bond acceptors (Lipinski definition) is 9. The highest BCUT2D eigenvalue weighted by Gasteiger charge is 2.17. The molecule has 0 saturated heterocycles. The van der Waals surface area contributed by atoms with E-state index in [0.29, 0.717) is 46.4 Å². The zero-order valence-electron chi connectivity index (χ0n) is 18.3. The van der Waals surface area contributed by atoms with E-state index >= 15 is 0 Å². The number of nitrogens with one attached hydrogen (secondary N) is 3. The van der Waals surface area contributed by atoms with Gasteiger partial charge in [-0.2, -0.15) is 0 Å². The van der Waals surface area contributed by atoms with Gasteiger partial charge in [-0.3, -0.25) is 14.6 Å². The number of nitrogens with zero attached hydrogens (tertiary/aromatic N) is 5. The summed E-state index contributed by atoms with van der Waals surface area (Å²) in [6.45, 7) is 2.39. The van der Waals surface area contributed by atoms with Gasteiger partial charge in [0.2, 0.25) is 6.39 Å². The van der Waals surface area contributed by atoms with E-state index in [4.69, 9.17) is 4.42 Å². The highest BCUT2D eigenvalue weighted by Crippen LogP contribution is 2.31. The Morgan fingerprint density at radius 2 is 2.03 bits per heavy atom. The fraction of sp³-hybridized carbons (Fsp3) is 0.174. The number of anilines is 3. The van der Waals surface area contributed by atoms with Gasteiger partial charge in [0.1, 0.15) is 11.6 Å². The second kappa shape index (κ2) is 9.16. The van der Waals surface area contributed by atoms with Gasteiger partial charge >= 0.3 is 0 Å². The Labute approximate surface area is 193 Å². The number of benzene rings is 1. The predicted octanol–water partition coefficient (Wildman–Crippen LogP) is 3.08. The molecule has 0 radical (unpaired) electrons. The highest BCUT2D eigenvalue weighted by molar-refractivity contribution is 5.78. The van der Waals surface area contributed by atoms with Crippen molar-refractivity contribution in [1.29, 1.82) is 0 Å². The molecule has 4 heterocycles. The number of aryl methyl sites for hydroxylation is 1. The molecule has 0 spiro atoms. The fourth-order valence-corrected chi connectivity index (χ4v) is 3.71. The monoisotopic (exact) mass is 458 g/mol. The lowest BCUT2D eigenvalue weighted by Crippen LogP contribution is -2.15. The van der Waals surface area contributed by atoms with Crippen LogP contribution in [-0.4, -0.2) is 41.7 Å². The van der Waals surface area contributed by atoms with E-state index in [1.807, 2.05) is 37.3 Å². The third-order valence-electron chi connectivity index (χ3n) is 5.39. The molecule has 0 fully saturated rings. The Bertz CT molecular complexity index is 1460. The van der Waals surface area contributed by atoms with E-state index in [9.17, 15) is 9.90 Å². The number of pyridine rings is 2. The molecule has 0 aliphatic heterocycles. The van der Waals surface area contributed by atoms with Gasteiger partial charge < -0.3 is 20.2 Å². The zero-order valence-corrected chi connectivity index (χ0v) is 18.3. The Kier molecular flexibility index (Phi) is 5.75. The average Bonchev–Trinajstić information content (AvgIpc) is 3.51. The van der Waals surface area contributed by atoms with Crippen LogP contribution in [0.3, 0.4) is 0 Å². The summed E-state index contributed by atoms with van der Waals surface area (Å²) in [7, 11) is 0. The van der Waals surface area contributed by atoms with E-state index in [2.05, 4.69) is 35.9 Å². The molecule has 11 nitrogen and oxygen atoms in total. The highest BCUT2D eigenvalue weighted by atomic mass is 16.4. The van der Waals surface area contributed by atoms with Crippen molar-refractivity contribution in [3.8, 4) is 11.5 Å². The topological polar surface area (TPSA) is 147 Å². The Balaban J connectivity index is 1.50. The molecule has 0 saturated carbocycles. The van der Waals surface area contributed by atoms with Crippen LogP contribution in [0.1, 0.15) is 18.5 Å². The minimum Gasteiger partial charge on any atom is -0.423 e. The van der Waals surface area contributed by atoms with E-state index < -0.39 is 0 Å². The van der Waals surface area contributed by atoms with Crippen molar-refractivity contribution in [3.63, 3.8) is 0 Å². The van der Waals surface area contributed by atoms with Gasteiger partial charge in [0.15, 0.2) is 5.65 Å². The summed E-state index contributed by atoms with van der Waals surface area (Å²) in [5.74, 6) is 1.33. The van der Waals surface area contributed by atoms with Crippen molar-refractivity contribution >= 4 is 28.4 Å². The van der Waals surface area contributed by atoms with Crippen molar-refractivity contribution in [2.45, 2.75) is 19.5 Å². The molecule has 5 rings (SSSR count). The quantitative estimate of drug-likeness (QED) is 0.275. The van der Waals surface area contributed by atoms with Crippen molar-refractivity contribution in [3.05, 3.63) is 77.0 Å². The lowest BCUT2D eigenvalue weighted by Gasteiger charge is -2.20. The molecule has 5 aromatic rings. The summed E-state index contributed by atoms with van der Waals surface area (Å²) in [6.07, 6.45) is 2.85. The normalized spacial score (nSPS) is 12.1. The van der Waals surface area contributed by atoms with Crippen LogP contribution in [-0.2, 0) is 6.54 Å². The van der Waals surface area contributed by atoms with Gasteiger partial charge in [-0.1, -0.05) is 30.3 Å². The van der Waals surface area contributed by atoms with Gasteiger partial charge in [-0.15, -0.1) is 10.2 Å². The third kappa shape index (κ3) is 4.11. The first kappa shape index (κ1) is 21.3. The Hall–Kier alpha value is -4.51. The lowest BCUT2D eigenvalue weighted by atomic mass is 10.1. The van der Waals surface area contributed by atoms with Gasteiger partial charge in [-0.25, -0.2) is 9.97 Å². The van der Waals surface area contributed by atoms with E-state index in [-0.39, 0.29) is 18.2 Å². The SMILES string of the molecule is CCn1[nH]c(=O)c2ccc(Nc3cc(N[C@H](CO)c4ccccc4)c(-c4nnco4)cn3)nc21. The number of aromatic amines is 1. The largest absolute Gasteiger partial charge is 0.423 e. The van der Waals surface area contributed by atoms with Crippen molar-refractivity contribution in [2.24, 2.45) is 0 Å². The van der Waals surface area contributed by atoms with Crippen LogP contribution in [0.4, 0.5) is 17.3 Å². The smallest absolute Gasteiger partial charge is 0.273 e. The molecule has 4 N–H and O–H groups in total. The molecule has 11 heteroatoms. The molecule has 34 heavy (non-hydrogen) atoms. The summed E-state index contributed by atoms with van der Waals surface area (Å²) in [5, 5.41) is 27.6. The third-order valence-corrected chi connectivity index (χ3v) is 5.39. The summed E-state index contributed by atoms with van der Waals surface area (Å²) in [6, 6.07) is 14.5. The van der Waals surface area contributed by atoms with Gasteiger partial charge in [0.05, 0.1) is 29.3 Å². The summed E-state index contributed by atoms with van der Waals surface area (Å²) >= 11 is 0. The molecule has 0 amide bonds. The minimum atomic E-state index is -0.369. The summed E-state index contributed by atoms with van der Waals surface area (Å²) in [5.41, 5.74) is 2.53. The maximum Gasteiger partial charge on any atom is 0.273 e. The molecule has 1 aromatic carbocycles. The average molecular weight is 458 g/mol. The van der Waals surface area contributed by atoms with Crippen molar-refractivity contribution < 1.29 is 9.52 Å². The Morgan fingerprint density at radius 1 is 1.18 bits per heavy atom. The lowest BCUT2D eigenvalue weighted by molar-refractivity contribution is 0.276. The molecule has 0 bridgehead atoms. The van der Waals surface area contributed by atoms with Crippen LogP contribution in [0, 0.1) is 0 Å². The maximum atomic E-state index is 12.1. The predicted molar refractivity (Wildman–Crippen MR) is 127 cm³/mol. The maximum absolute atomic E-state index is 12.1. The number of H-pyrrole nitrogens is 1. The van der Waals surface area contributed by atoms with E-state index in [1.165, 1.54) is 6.39 Å². The standard InChI is InChI=1S/C23H22N8O3/c1-2-31-21-15(22(33)30-31)8-9-19(28-21)27-20-10-17(16(11-24-20)23-29-25-13-34-23)26-18(12-32)14-6-4-3-5-7-14/h3-11,13,18,32H,2,12H2,1H3,(H,30,33)(H2,24,26,27,28)/t18-/m1/s1. The van der Waals surface area contributed by atoms with E-state index in [0.717, 1.165) is 5.56 Å². The van der Waals surface area contributed by atoms with Gasteiger partial charge in [0.25, 0.3) is 11.4 Å². The van der Waals surface area contributed by atoms with Crippen molar-refractivity contribution in [2.75, 3.05) is 17.2 Å². The van der Waals surface area contributed by atoms with Gasteiger partial charge in [-0.05, 0) is 24.6 Å². The molecule has 0 unspecified atom stereocenters. The molecular weight excluding hydrogens is 436 g/mol. The van der Waals surface area contributed by atoms with Crippen LogP contribution >= 0.6 is 0 Å². The van der Waals surface area contributed by atoms with Crippen LogP contribution in [0.5, 0.6) is 0 Å². The zero-order chi connectivity index (χ0) is 23.5. The molecule has 4 aromatic heterocycles. The van der Waals surface area contributed by atoms with Crippen LogP contribution in [0.25, 0.3) is 22.5 Å². The summed E-state index contributed by atoms with van der Waals surface area (Å²) < 4.78 is 7.07. The van der Waals surface area contributed by atoms with Crippen LogP contribution in [0.2, 0.25) is 0 Å². The summed E-state index contributed by atoms with van der Waals surface area (Å²) in [4.78, 5) is 21.1. The molecule has 1 atom stereocenters. The first-order valence-electron chi connectivity index (χ1n) is 10.7. The molecule has 0 aliphatic rings. The molecular formula is C23H22N8O3. The number of aromatic nitrogens is 6. The fourth-order valence-electron chi connectivity index (χ4n) is 3.71. The molecule has 172 valence electrons. The number of rotatable bonds is 8. The molecule has 0 aliphatic carbocycles. The van der Waals surface area contributed by atoms with E-state index in [1.54, 1.807) is 29.1 Å². The van der Waals surface area contributed by atoms with Crippen molar-refractivity contribution in [1.82, 2.24) is 29.9 Å². The second-order valence-electron chi connectivity index (χ2n) is 7.53. The first-order chi connectivity index (χ1) is 16.7. The van der Waals surface area contributed by atoms with Crippen LogP contribution < -0.4 is 16.2 Å².